The number of carbonyl (C=O) groups is 2. The number of methoxy groups -OCH3 is 1. The van der Waals surface area contributed by atoms with Gasteiger partial charge in [0.15, 0.2) is 0 Å². The normalized spacial score (nSPS) is 17.5. The lowest BCUT2D eigenvalue weighted by Gasteiger charge is -2.37. The summed E-state index contributed by atoms with van der Waals surface area (Å²) in [6, 6.07) is 13.9. The first-order chi connectivity index (χ1) is 16.5. The van der Waals surface area contributed by atoms with Crippen LogP contribution in [0.25, 0.3) is 0 Å². The van der Waals surface area contributed by atoms with Gasteiger partial charge in [-0.05, 0) is 62.3 Å². The number of hydrogen-bond acceptors (Lipinski definition) is 5. The number of carbonyl (C=O) groups excluding carboxylic acids is 2. The smallest absolute Gasteiger partial charge is 0.227 e. The lowest BCUT2D eigenvalue weighted by molar-refractivity contribution is -0.132. The molecular formula is C26H33FN4O3. The molecule has 0 aromatic heterocycles. The lowest BCUT2D eigenvalue weighted by atomic mass is 9.95. The van der Waals surface area contributed by atoms with E-state index in [4.69, 9.17) is 4.74 Å². The number of piperazine rings is 1. The number of nitrogens with zero attached hydrogens (tertiary/aromatic N) is 3. The van der Waals surface area contributed by atoms with E-state index in [1.54, 1.807) is 19.2 Å². The van der Waals surface area contributed by atoms with E-state index >= 15 is 0 Å². The molecule has 0 radical (unpaired) electrons. The number of ether oxygens (including phenoxy) is 1. The van der Waals surface area contributed by atoms with Gasteiger partial charge in [0.2, 0.25) is 11.8 Å². The summed E-state index contributed by atoms with van der Waals surface area (Å²) < 4.78 is 18.5. The third-order valence-corrected chi connectivity index (χ3v) is 6.79. The van der Waals surface area contributed by atoms with Crippen molar-refractivity contribution >= 4 is 23.2 Å². The number of benzene rings is 2. The fourth-order valence-corrected chi connectivity index (χ4v) is 4.68. The van der Waals surface area contributed by atoms with Gasteiger partial charge in [-0.3, -0.25) is 9.59 Å². The fourth-order valence-electron chi connectivity index (χ4n) is 4.68. The van der Waals surface area contributed by atoms with Crippen LogP contribution < -0.4 is 15.0 Å². The van der Waals surface area contributed by atoms with Crippen LogP contribution in [0.2, 0.25) is 0 Å². The van der Waals surface area contributed by atoms with Crippen LogP contribution in [0, 0.1) is 11.7 Å². The molecule has 2 amide bonds. The van der Waals surface area contributed by atoms with E-state index in [1.807, 2.05) is 29.2 Å². The molecule has 2 aliphatic heterocycles. The van der Waals surface area contributed by atoms with E-state index in [1.165, 1.54) is 12.1 Å². The van der Waals surface area contributed by atoms with Gasteiger partial charge in [-0.15, -0.1) is 0 Å². The molecule has 0 aliphatic carbocycles. The Morgan fingerprint density at radius 2 is 1.65 bits per heavy atom. The average Bonchev–Trinajstić information content (AvgIpc) is 2.88. The topological polar surface area (TPSA) is 65.1 Å². The van der Waals surface area contributed by atoms with Crippen molar-refractivity contribution in [2.75, 3.05) is 63.1 Å². The Bertz CT molecular complexity index is 968. The van der Waals surface area contributed by atoms with Crippen LogP contribution in [-0.2, 0) is 9.59 Å². The van der Waals surface area contributed by atoms with Crippen LogP contribution in [-0.4, -0.2) is 74.5 Å². The molecule has 0 atom stereocenters. The molecule has 34 heavy (non-hydrogen) atoms. The quantitative estimate of drug-likeness (QED) is 0.676. The highest BCUT2D eigenvalue weighted by atomic mass is 19.1. The van der Waals surface area contributed by atoms with Crippen molar-refractivity contribution in [2.45, 2.75) is 19.3 Å². The summed E-state index contributed by atoms with van der Waals surface area (Å²) in [6.45, 7) is 5.22. The van der Waals surface area contributed by atoms with Gasteiger partial charge < -0.3 is 24.8 Å². The van der Waals surface area contributed by atoms with Crippen molar-refractivity contribution in [3.05, 3.63) is 54.3 Å². The molecule has 4 rings (SSSR count). The van der Waals surface area contributed by atoms with Crippen LogP contribution in [0.5, 0.6) is 5.75 Å². The maximum Gasteiger partial charge on any atom is 0.227 e. The maximum absolute atomic E-state index is 13.1. The SMILES string of the molecule is COc1ccccc1NC(=O)C1CCN(CCC(=O)N2CCN(c3ccc(F)cc3)CC2)CC1. The monoisotopic (exact) mass is 468 g/mol. The molecule has 0 saturated carbocycles. The highest BCUT2D eigenvalue weighted by Gasteiger charge is 2.27. The summed E-state index contributed by atoms with van der Waals surface area (Å²) in [5.41, 5.74) is 1.69. The van der Waals surface area contributed by atoms with E-state index in [2.05, 4.69) is 15.1 Å². The highest BCUT2D eigenvalue weighted by Crippen LogP contribution is 2.26. The Balaban J connectivity index is 1.16. The molecular weight excluding hydrogens is 435 g/mol. The highest BCUT2D eigenvalue weighted by molar-refractivity contribution is 5.94. The predicted molar refractivity (Wildman–Crippen MR) is 131 cm³/mol. The Labute approximate surface area is 200 Å². The number of hydrogen-bond donors (Lipinski definition) is 1. The van der Waals surface area contributed by atoms with E-state index in [9.17, 15) is 14.0 Å². The van der Waals surface area contributed by atoms with Crippen molar-refractivity contribution in [3.63, 3.8) is 0 Å². The van der Waals surface area contributed by atoms with Gasteiger partial charge in [-0.2, -0.15) is 0 Å². The number of likely N-dealkylation sites (tertiary alicyclic amines) is 1. The van der Waals surface area contributed by atoms with Crippen molar-refractivity contribution in [1.82, 2.24) is 9.80 Å². The minimum atomic E-state index is -0.237. The van der Waals surface area contributed by atoms with Crippen molar-refractivity contribution in [3.8, 4) is 5.75 Å². The van der Waals surface area contributed by atoms with E-state index in [-0.39, 0.29) is 23.5 Å². The third kappa shape index (κ3) is 6.05. The molecule has 2 aromatic rings. The molecule has 8 heteroatoms. The second-order valence-electron chi connectivity index (χ2n) is 8.90. The number of amides is 2. The molecule has 0 unspecified atom stereocenters. The molecule has 7 nitrogen and oxygen atoms in total. The summed E-state index contributed by atoms with van der Waals surface area (Å²) in [7, 11) is 1.59. The molecule has 2 aliphatic rings. The molecule has 2 heterocycles. The zero-order chi connectivity index (χ0) is 23.9. The first kappa shape index (κ1) is 24.0. The number of para-hydroxylation sites is 2. The second kappa shape index (κ2) is 11.3. The first-order valence-electron chi connectivity index (χ1n) is 12.0. The zero-order valence-electron chi connectivity index (χ0n) is 19.7. The van der Waals surface area contributed by atoms with Gasteiger partial charge in [-0.1, -0.05) is 12.1 Å². The van der Waals surface area contributed by atoms with Crippen molar-refractivity contribution in [1.29, 1.82) is 0 Å². The van der Waals surface area contributed by atoms with Crippen LogP contribution in [0.4, 0.5) is 15.8 Å². The fraction of sp³-hybridized carbons (Fsp3) is 0.462. The summed E-state index contributed by atoms with van der Waals surface area (Å²) in [5.74, 6) is 0.592. The Hall–Kier alpha value is -3.13. The molecule has 182 valence electrons. The summed E-state index contributed by atoms with van der Waals surface area (Å²) in [5, 5.41) is 2.99. The summed E-state index contributed by atoms with van der Waals surface area (Å²) in [6.07, 6.45) is 2.06. The Kier molecular flexibility index (Phi) is 8.00. The van der Waals surface area contributed by atoms with Gasteiger partial charge >= 0.3 is 0 Å². The maximum atomic E-state index is 13.1. The minimum absolute atomic E-state index is 0.0271. The van der Waals surface area contributed by atoms with Crippen LogP contribution in [0.1, 0.15) is 19.3 Å². The molecule has 0 spiro atoms. The van der Waals surface area contributed by atoms with E-state index in [0.29, 0.717) is 30.9 Å². The van der Waals surface area contributed by atoms with Gasteiger partial charge in [0, 0.05) is 50.7 Å². The number of anilines is 2. The number of nitrogens with one attached hydrogen (secondary N) is 1. The minimum Gasteiger partial charge on any atom is -0.495 e. The van der Waals surface area contributed by atoms with Crippen molar-refractivity contribution < 1.29 is 18.7 Å². The number of piperidine rings is 1. The number of rotatable bonds is 7. The van der Waals surface area contributed by atoms with E-state index in [0.717, 1.165) is 51.3 Å². The van der Waals surface area contributed by atoms with Gasteiger partial charge in [0.05, 0.1) is 12.8 Å². The van der Waals surface area contributed by atoms with Crippen LogP contribution in [0.15, 0.2) is 48.5 Å². The van der Waals surface area contributed by atoms with Gasteiger partial charge in [-0.25, -0.2) is 4.39 Å². The molecule has 2 saturated heterocycles. The van der Waals surface area contributed by atoms with Crippen molar-refractivity contribution in [2.24, 2.45) is 5.92 Å². The molecule has 1 N–H and O–H groups in total. The predicted octanol–water partition coefficient (Wildman–Crippen LogP) is 3.22. The molecule has 2 aromatic carbocycles. The van der Waals surface area contributed by atoms with Gasteiger partial charge in [0.25, 0.3) is 0 Å². The molecule has 0 bridgehead atoms. The van der Waals surface area contributed by atoms with Gasteiger partial charge in [0.1, 0.15) is 11.6 Å². The summed E-state index contributed by atoms with van der Waals surface area (Å²) in [4.78, 5) is 31.8. The zero-order valence-corrected chi connectivity index (χ0v) is 19.7. The third-order valence-electron chi connectivity index (χ3n) is 6.79. The van der Waals surface area contributed by atoms with Crippen LogP contribution >= 0.6 is 0 Å². The average molecular weight is 469 g/mol. The molecule has 2 fully saturated rings. The Morgan fingerprint density at radius 3 is 2.32 bits per heavy atom. The second-order valence-corrected chi connectivity index (χ2v) is 8.90. The summed E-state index contributed by atoms with van der Waals surface area (Å²) >= 11 is 0. The first-order valence-corrected chi connectivity index (χ1v) is 12.0. The largest absolute Gasteiger partial charge is 0.495 e. The standard InChI is InChI=1S/C26H33FN4O3/c1-34-24-5-3-2-4-23(24)28-26(33)20-10-13-29(14-11-20)15-12-25(32)31-18-16-30(17-19-31)22-8-6-21(27)7-9-22/h2-9,20H,10-19H2,1H3,(H,28,33). The van der Waals surface area contributed by atoms with E-state index < -0.39 is 0 Å². The number of halogens is 1. The van der Waals surface area contributed by atoms with Crippen LogP contribution in [0.3, 0.4) is 0 Å². The Morgan fingerprint density at radius 1 is 0.971 bits per heavy atom. The lowest BCUT2D eigenvalue weighted by Crippen LogP contribution is -2.49.